The molecule has 1 aromatic rings. The first kappa shape index (κ1) is 9.97. The van der Waals surface area contributed by atoms with Crippen molar-refractivity contribution in [3.63, 3.8) is 0 Å². The maximum atomic E-state index is 12.1. The maximum absolute atomic E-state index is 12.1. The van der Waals surface area contributed by atoms with Gasteiger partial charge in [-0.3, -0.25) is 4.79 Å². The van der Waals surface area contributed by atoms with E-state index in [0.29, 0.717) is 0 Å². The van der Waals surface area contributed by atoms with Crippen molar-refractivity contribution in [2.45, 2.75) is 0 Å². The van der Waals surface area contributed by atoms with E-state index in [1.807, 2.05) is 49.5 Å². The lowest BCUT2D eigenvalue weighted by atomic mass is 10.1. The van der Waals surface area contributed by atoms with E-state index in [4.69, 9.17) is 0 Å². The van der Waals surface area contributed by atoms with Crippen LogP contribution < -0.4 is 10.00 Å². The number of fused-ring (bicyclic) bond motifs is 3. The fourth-order valence-electron chi connectivity index (χ4n) is 2.30. The van der Waals surface area contributed by atoms with E-state index in [1.54, 1.807) is 12.1 Å². The largest absolute Gasteiger partial charge is 0.289 e. The Bertz CT molecular complexity index is 734. The molecule has 82 valence electrons. The number of nitrogens with zero attached hydrogens (tertiary/aromatic N) is 1. The minimum absolute atomic E-state index is 0.0711. The third kappa shape index (κ3) is 1.41. The molecular formula is C15H12NO+. The number of aromatic nitrogens is 1. The molecule has 3 rings (SSSR count). The highest BCUT2D eigenvalue weighted by atomic mass is 16.1. The Kier molecular flexibility index (Phi) is 2.15. The van der Waals surface area contributed by atoms with Crippen LogP contribution in [0.5, 0.6) is 0 Å². The van der Waals surface area contributed by atoms with Crippen molar-refractivity contribution < 1.29 is 4.57 Å². The zero-order valence-electron chi connectivity index (χ0n) is 9.55. The smallest absolute Gasteiger partial charge is 0.217 e. The molecule has 1 heterocycles. The van der Waals surface area contributed by atoms with Crippen LogP contribution in [0.3, 0.4) is 0 Å². The van der Waals surface area contributed by atoms with Gasteiger partial charge in [0.1, 0.15) is 12.4 Å². The van der Waals surface area contributed by atoms with E-state index in [9.17, 15) is 4.79 Å². The van der Waals surface area contributed by atoms with Gasteiger partial charge < -0.3 is 0 Å². The fourth-order valence-corrected chi connectivity index (χ4v) is 2.30. The second-order valence-electron chi connectivity index (χ2n) is 4.11. The van der Waals surface area contributed by atoms with Crippen molar-refractivity contribution in [2.24, 2.45) is 7.05 Å². The molecule has 0 bridgehead atoms. The molecule has 0 fully saturated rings. The fraction of sp³-hybridized carbons (Fsp3) is 0.0667. The molecule has 0 saturated carbocycles. The van der Waals surface area contributed by atoms with E-state index < -0.39 is 0 Å². The summed E-state index contributed by atoms with van der Waals surface area (Å²) in [5.74, 6) is 0. The Morgan fingerprint density at radius 3 is 2.47 bits per heavy atom. The lowest BCUT2D eigenvalue weighted by Gasteiger charge is -1.86. The molecule has 0 unspecified atom stereocenters. The summed E-state index contributed by atoms with van der Waals surface area (Å²) < 4.78 is 2.06. The van der Waals surface area contributed by atoms with Gasteiger partial charge in [-0.25, -0.2) is 0 Å². The molecule has 0 N–H and O–H groups in total. The van der Waals surface area contributed by atoms with E-state index >= 15 is 0 Å². The van der Waals surface area contributed by atoms with Crippen LogP contribution in [0.15, 0.2) is 59.4 Å². The van der Waals surface area contributed by atoms with Gasteiger partial charge >= 0.3 is 0 Å². The molecule has 1 aromatic carbocycles. The van der Waals surface area contributed by atoms with Gasteiger partial charge in [0.05, 0.1) is 5.56 Å². The molecule has 1 aliphatic carbocycles. The van der Waals surface area contributed by atoms with Crippen molar-refractivity contribution in [2.75, 3.05) is 0 Å². The Balaban J connectivity index is 2.68. The molecule has 17 heavy (non-hydrogen) atoms. The SMILES string of the molecule is C[n+]1c2cccccc-2c2c(=O)ccccc21. The predicted octanol–water partition coefficient (Wildman–Crippen LogP) is 2.13. The lowest BCUT2D eigenvalue weighted by Crippen LogP contribution is -2.27. The van der Waals surface area contributed by atoms with Crippen LogP contribution in [0.2, 0.25) is 0 Å². The molecule has 1 aliphatic heterocycles. The van der Waals surface area contributed by atoms with E-state index in [-0.39, 0.29) is 5.43 Å². The average molecular weight is 222 g/mol. The lowest BCUT2D eigenvalue weighted by molar-refractivity contribution is -0.631. The van der Waals surface area contributed by atoms with E-state index in [2.05, 4.69) is 4.57 Å². The number of aryl methyl sites for hydroxylation is 1. The molecule has 0 spiro atoms. The van der Waals surface area contributed by atoms with Gasteiger partial charge in [-0.15, -0.1) is 0 Å². The van der Waals surface area contributed by atoms with E-state index in [0.717, 1.165) is 22.2 Å². The number of rotatable bonds is 0. The molecular weight excluding hydrogens is 210 g/mol. The minimum atomic E-state index is 0.0711. The third-order valence-corrected chi connectivity index (χ3v) is 3.12. The Morgan fingerprint density at radius 2 is 1.59 bits per heavy atom. The highest BCUT2D eigenvalue weighted by Crippen LogP contribution is 2.24. The second-order valence-corrected chi connectivity index (χ2v) is 4.11. The van der Waals surface area contributed by atoms with Crippen LogP contribution in [0.1, 0.15) is 0 Å². The first-order valence-corrected chi connectivity index (χ1v) is 5.59. The summed E-state index contributed by atoms with van der Waals surface area (Å²) in [5, 5.41) is 0.795. The molecule has 0 saturated heterocycles. The second kappa shape index (κ2) is 3.67. The van der Waals surface area contributed by atoms with Crippen molar-refractivity contribution in [1.82, 2.24) is 0 Å². The minimum Gasteiger partial charge on any atom is -0.289 e. The highest BCUT2D eigenvalue weighted by Gasteiger charge is 2.22. The van der Waals surface area contributed by atoms with Crippen LogP contribution in [0.25, 0.3) is 22.2 Å². The van der Waals surface area contributed by atoms with Crippen LogP contribution in [-0.4, -0.2) is 0 Å². The normalized spacial score (nSPS) is 10.9. The Labute approximate surface area is 99.1 Å². The first-order chi connectivity index (χ1) is 8.29. The molecule has 0 atom stereocenters. The topological polar surface area (TPSA) is 20.9 Å². The molecule has 2 aliphatic rings. The van der Waals surface area contributed by atoms with Crippen molar-refractivity contribution in [3.05, 3.63) is 64.8 Å². The van der Waals surface area contributed by atoms with Crippen molar-refractivity contribution in [3.8, 4) is 11.3 Å². The van der Waals surface area contributed by atoms with Crippen molar-refractivity contribution >= 4 is 10.9 Å². The van der Waals surface area contributed by atoms with Crippen LogP contribution >= 0.6 is 0 Å². The molecule has 2 heteroatoms. The van der Waals surface area contributed by atoms with Crippen molar-refractivity contribution in [1.29, 1.82) is 0 Å². The zero-order valence-corrected chi connectivity index (χ0v) is 9.55. The van der Waals surface area contributed by atoms with Gasteiger partial charge in [-0.1, -0.05) is 30.3 Å². The Hall–Kier alpha value is -2.22. The van der Waals surface area contributed by atoms with Gasteiger partial charge in [0, 0.05) is 12.1 Å². The summed E-state index contributed by atoms with van der Waals surface area (Å²) in [5.41, 5.74) is 3.13. The summed E-state index contributed by atoms with van der Waals surface area (Å²) in [6.45, 7) is 0. The van der Waals surface area contributed by atoms with Crippen LogP contribution in [0.4, 0.5) is 0 Å². The summed E-state index contributed by atoms with van der Waals surface area (Å²) in [7, 11) is 1.99. The van der Waals surface area contributed by atoms with E-state index in [1.165, 1.54) is 0 Å². The maximum Gasteiger partial charge on any atom is 0.217 e. The van der Waals surface area contributed by atoms with Gasteiger partial charge in [-0.2, -0.15) is 4.57 Å². The average Bonchev–Trinajstić information content (AvgIpc) is 2.57. The van der Waals surface area contributed by atoms with Gasteiger partial charge in [0.15, 0.2) is 5.43 Å². The summed E-state index contributed by atoms with van der Waals surface area (Å²) >= 11 is 0. The quantitative estimate of drug-likeness (QED) is 0.534. The zero-order chi connectivity index (χ0) is 11.8. The van der Waals surface area contributed by atoms with Crippen LogP contribution in [0, 0.1) is 0 Å². The first-order valence-electron chi connectivity index (χ1n) is 5.59. The molecule has 0 amide bonds. The number of hydrogen-bond donors (Lipinski definition) is 0. The summed E-state index contributed by atoms with van der Waals surface area (Å²) in [6, 6.07) is 17.3. The van der Waals surface area contributed by atoms with Gasteiger partial charge in [-0.05, 0) is 12.1 Å². The van der Waals surface area contributed by atoms with Crippen LogP contribution in [-0.2, 0) is 7.05 Å². The van der Waals surface area contributed by atoms with Gasteiger partial charge in [0.25, 0.3) is 0 Å². The predicted molar refractivity (Wildman–Crippen MR) is 68.0 cm³/mol. The standard InChI is InChI=1S/C15H12NO/c1-16-12-8-4-2-3-7-11(12)15-13(16)9-5-6-10-14(15)17/h2-10H,1H3/q+1. The third-order valence-electron chi connectivity index (χ3n) is 3.12. The molecule has 0 aromatic heterocycles. The monoisotopic (exact) mass is 222 g/mol. The molecule has 2 nitrogen and oxygen atoms in total. The number of hydrogen-bond acceptors (Lipinski definition) is 1. The molecule has 0 radical (unpaired) electrons. The van der Waals surface area contributed by atoms with Gasteiger partial charge in [0.2, 0.25) is 11.2 Å². The Morgan fingerprint density at radius 1 is 0.882 bits per heavy atom. The highest BCUT2D eigenvalue weighted by molar-refractivity contribution is 5.92. The summed E-state index contributed by atoms with van der Waals surface area (Å²) in [4.78, 5) is 12.1. The summed E-state index contributed by atoms with van der Waals surface area (Å²) in [6.07, 6.45) is 0.